The molecule has 0 aromatic rings. The summed E-state index contributed by atoms with van der Waals surface area (Å²) in [4.78, 5) is 47.4. The largest absolute Gasteiger partial charge is 0.743 e. The molecular formula is C75H128F8O28S4-4. The lowest BCUT2D eigenvalue weighted by Gasteiger charge is -2.44. The van der Waals surface area contributed by atoms with Gasteiger partial charge in [-0.25, -0.2) is 33.7 Å². The Morgan fingerprint density at radius 3 is 0.730 bits per heavy atom. The number of hydrogen-bond donors (Lipinski definition) is 8. The highest BCUT2D eigenvalue weighted by molar-refractivity contribution is 7.87. The maximum Gasteiger partial charge on any atom is 0.369 e. The second-order valence-corrected chi connectivity index (χ2v) is 41.3. The van der Waals surface area contributed by atoms with Gasteiger partial charge >= 0.3 is 44.9 Å². The van der Waals surface area contributed by atoms with Crippen LogP contribution in [0.2, 0.25) is 0 Å². The summed E-state index contributed by atoms with van der Waals surface area (Å²) in [7, 11) is -23.6. The number of ether oxygens (including phenoxy) is 4. The molecule has 0 radical (unpaired) electrons. The number of aliphatic hydroxyl groups is 8. The summed E-state index contributed by atoms with van der Waals surface area (Å²) in [6, 6.07) is 0. The highest BCUT2D eigenvalue weighted by Gasteiger charge is 2.71. The van der Waals surface area contributed by atoms with E-state index < -0.39 is 173 Å². The molecule has 28 nitrogen and oxygen atoms in total. The molecule has 0 saturated heterocycles. The zero-order valence-electron chi connectivity index (χ0n) is 68.5. The van der Waals surface area contributed by atoms with Crippen molar-refractivity contribution in [3.05, 3.63) is 0 Å². The summed E-state index contributed by atoms with van der Waals surface area (Å²) >= 11 is 0. The van der Waals surface area contributed by atoms with Crippen LogP contribution in [-0.4, -0.2) is 207 Å². The number of alkyl halides is 8. The quantitative estimate of drug-likeness (QED) is 0.0258. The van der Waals surface area contributed by atoms with Crippen LogP contribution in [0, 0.1) is 41.4 Å². The smallest absolute Gasteiger partial charge is 0.369 e. The topological polar surface area (TPSA) is 496 Å². The zero-order chi connectivity index (χ0) is 89.2. The van der Waals surface area contributed by atoms with Crippen molar-refractivity contribution in [1.29, 1.82) is 0 Å². The molecule has 0 spiro atoms. The molecule has 0 heterocycles. The Bertz CT molecular complexity index is 3400. The molecule has 10 aliphatic carbocycles. The van der Waals surface area contributed by atoms with Gasteiger partial charge < -0.3 is 78.0 Å². The van der Waals surface area contributed by atoms with Gasteiger partial charge in [0.15, 0.2) is 64.9 Å². The first-order valence-corrected chi connectivity index (χ1v) is 45.3. The predicted octanol–water partition coefficient (Wildman–Crippen LogP) is 11.3. The Morgan fingerprint density at radius 1 is 0.330 bits per heavy atom. The molecular weight excluding hydrogens is 1630 g/mol. The van der Waals surface area contributed by atoms with Crippen molar-refractivity contribution in [3.8, 4) is 0 Å². The van der Waals surface area contributed by atoms with Crippen LogP contribution in [0.15, 0.2) is 0 Å². The first kappa shape index (κ1) is 108. The Morgan fingerprint density at radius 2 is 0.530 bits per heavy atom. The third-order valence-electron chi connectivity index (χ3n) is 22.3. The van der Waals surface area contributed by atoms with Gasteiger partial charge in [0.2, 0.25) is 0 Å². The van der Waals surface area contributed by atoms with Gasteiger partial charge in [0, 0.05) is 17.8 Å². The fourth-order valence-electron chi connectivity index (χ4n) is 15.4. The van der Waals surface area contributed by atoms with Gasteiger partial charge in [-0.1, -0.05) is 109 Å². The summed E-state index contributed by atoms with van der Waals surface area (Å²) in [6.07, 6.45) is 19.1. The molecule has 8 unspecified atom stereocenters. The van der Waals surface area contributed by atoms with Gasteiger partial charge in [-0.2, -0.15) is 35.1 Å². The van der Waals surface area contributed by atoms with Gasteiger partial charge in [-0.05, 0) is 206 Å². The molecule has 40 heteroatoms. The van der Waals surface area contributed by atoms with Crippen LogP contribution in [0.3, 0.4) is 0 Å². The number of hydrogen-bond acceptors (Lipinski definition) is 28. The molecule has 10 saturated carbocycles. The van der Waals surface area contributed by atoms with Crippen molar-refractivity contribution in [3.63, 3.8) is 0 Å². The van der Waals surface area contributed by atoms with Gasteiger partial charge in [0.05, 0.1) is 68.5 Å². The number of carbonyl (C=O) groups excluding carboxylic acids is 4. The molecule has 10 aliphatic rings. The molecule has 0 aromatic carbocycles. The minimum Gasteiger partial charge on any atom is -0.743 e. The van der Waals surface area contributed by atoms with E-state index in [0.717, 1.165) is 109 Å². The Balaban J connectivity index is 0.000000465. The van der Waals surface area contributed by atoms with Gasteiger partial charge in [0.25, 0.3) is 0 Å². The number of esters is 4. The molecule has 8 atom stereocenters. The first-order chi connectivity index (χ1) is 51.8. The number of halogens is 8. The van der Waals surface area contributed by atoms with Crippen LogP contribution in [0.1, 0.15) is 315 Å². The normalized spacial score (nSPS) is 26.0. The Hall–Kier alpha value is -3.36. The lowest BCUT2D eigenvalue weighted by atomic mass is 9.64. The molecule has 0 aliphatic heterocycles. The standard InChI is InChI=1S/C17H26F2O7S.C13H20F2O6S.C10H16F2O5S.C9H14F2O5S.3C6H12O.2C4H10O/c1-10(17(18,19)27(23,24)25)26-14(20)11-12(15(21)6-2-3-7-15)13(11)16(22)8-4-5-9-16;1-8(13(14,15)22(18,19)20)21-11(16)9-4-5-10(9)12(17)6-2-3-7-12;1-7(10(11,12)18(14,15)16)17-9(13)8-5-3-2-4-6-8;1-6(9(10,11)17(13,14)15)16-8(12)7-4-2-3-5-7;3*1-6(7)4-2-3-5-6;2*1-4(2,3)5/h10-13,21-22H,2-9H2,1H3,(H,23,24,25);8-10,17H,2-7H2,1H3,(H,18,19,20);7-8H,2-6H2,1H3,(H,14,15,16);6-7H,2-5H2,1H3,(H,13,14,15);3*7H,2-5H2,1H3;2*5H,1-3H3/p-4. The minimum atomic E-state index is -5.99. The molecule has 8 N–H and O–H groups in total. The van der Waals surface area contributed by atoms with E-state index in [1.807, 2.05) is 20.8 Å². The third-order valence-corrected chi connectivity index (χ3v) is 26.3. The van der Waals surface area contributed by atoms with E-state index in [0.29, 0.717) is 105 Å². The number of carbonyl (C=O) groups is 4. The maximum atomic E-state index is 13.6. The predicted molar refractivity (Wildman–Crippen MR) is 397 cm³/mol. The summed E-state index contributed by atoms with van der Waals surface area (Å²) in [6.45, 7) is 18.9. The molecule has 0 bridgehead atoms. The fourth-order valence-corrected chi connectivity index (χ4v) is 17.2. The van der Waals surface area contributed by atoms with Crippen LogP contribution in [-0.2, 0) is 78.6 Å². The van der Waals surface area contributed by atoms with Gasteiger partial charge in [0.1, 0.15) is 0 Å². The van der Waals surface area contributed by atoms with E-state index in [4.69, 9.17) is 10.2 Å². The number of rotatable bonds is 19. The summed E-state index contributed by atoms with van der Waals surface area (Å²) < 4.78 is 250. The van der Waals surface area contributed by atoms with Gasteiger partial charge in [-0.15, -0.1) is 0 Å². The molecule has 0 amide bonds. The highest BCUT2D eigenvalue weighted by atomic mass is 32.2. The Kier molecular flexibility index (Phi) is 39.9. The van der Waals surface area contributed by atoms with E-state index in [2.05, 4.69) is 18.9 Å². The average Bonchev–Trinajstić information content (AvgIpc) is 1.53. The van der Waals surface area contributed by atoms with Crippen LogP contribution in [0.25, 0.3) is 0 Å². The van der Waals surface area contributed by atoms with Gasteiger partial charge in [-0.3, -0.25) is 19.2 Å². The second-order valence-electron chi connectivity index (χ2n) is 35.4. The average molecular weight is 1760 g/mol. The van der Waals surface area contributed by atoms with E-state index in [-0.39, 0.29) is 22.7 Å². The second kappa shape index (κ2) is 42.6. The van der Waals surface area contributed by atoms with Crippen LogP contribution in [0.5, 0.6) is 0 Å². The van der Waals surface area contributed by atoms with Crippen LogP contribution in [0.4, 0.5) is 35.1 Å². The SMILES string of the molecule is CC(C)(C)O.CC(C)(C)O.CC(OC(=O)C1C(C2(O)CCCC2)C1C1(O)CCCC1)C(F)(F)S(=O)(=O)[O-].CC(OC(=O)C1CCC1C1(O)CCCC1)C(F)(F)S(=O)(=O)[O-].CC(OC(=O)C1CCCC1)C(F)(F)S(=O)(=O)[O-].CC(OC(=O)C1CCCCC1)C(F)(F)S(=O)(=O)[O-].CC1(O)CCCC1.CC1(O)CCCC1.CC1(O)CCCC1. The van der Waals surface area contributed by atoms with Crippen molar-refractivity contribution in [2.45, 2.75) is 405 Å². The molecule has 680 valence electrons. The summed E-state index contributed by atoms with van der Waals surface area (Å²) in [5, 5.41) is 58.3. The lowest BCUT2D eigenvalue weighted by molar-refractivity contribution is -0.179. The van der Waals surface area contributed by atoms with E-state index in [1.54, 1.807) is 41.5 Å². The molecule has 10 rings (SSSR count). The minimum absolute atomic E-state index is 0.306. The van der Waals surface area contributed by atoms with E-state index >= 15 is 0 Å². The van der Waals surface area contributed by atoms with E-state index in [1.165, 1.54) is 38.5 Å². The van der Waals surface area contributed by atoms with Crippen LogP contribution < -0.4 is 0 Å². The lowest BCUT2D eigenvalue weighted by Crippen LogP contribution is -2.50. The highest BCUT2D eigenvalue weighted by Crippen LogP contribution is 2.65. The molecule has 0 aromatic heterocycles. The van der Waals surface area contributed by atoms with Crippen LogP contribution >= 0.6 is 0 Å². The maximum absolute atomic E-state index is 13.6. The monoisotopic (exact) mass is 1760 g/mol. The van der Waals surface area contributed by atoms with Crippen molar-refractivity contribution in [2.24, 2.45) is 41.4 Å². The van der Waals surface area contributed by atoms with Crippen molar-refractivity contribution in [2.75, 3.05) is 0 Å². The Labute approximate surface area is 673 Å². The zero-order valence-corrected chi connectivity index (χ0v) is 71.8. The fraction of sp³-hybridized carbons (Fsp3) is 0.947. The van der Waals surface area contributed by atoms with Crippen molar-refractivity contribution < 1.29 is 166 Å². The third kappa shape index (κ3) is 34.5. The molecule has 115 heavy (non-hydrogen) atoms. The van der Waals surface area contributed by atoms with Crippen molar-refractivity contribution >= 4 is 64.3 Å². The van der Waals surface area contributed by atoms with E-state index in [9.17, 15) is 137 Å². The van der Waals surface area contributed by atoms with Crippen molar-refractivity contribution in [1.82, 2.24) is 0 Å². The summed E-state index contributed by atoms with van der Waals surface area (Å²) in [5.41, 5.74) is -5.22. The summed E-state index contributed by atoms with van der Waals surface area (Å²) in [5.74, 6) is -8.03. The molecule has 10 fully saturated rings. The first-order valence-electron chi connectivity index (χ1n) is 39.7.